The Morgan fingerprint density at radius 3 is 2.05 bits per heavy atom. The van der Waals surface area contributed by atoms with Crippen LogP contribution in [0.15, 0.2) is 12.1 Å². The minimum atomic E-state index is -1.06. The number of carbonyl (C=O) groups excluding carboxylic acids is 1. The third-order valence-corrected chi connectivity index (χ3v) is 3.14. The summed E-state index contributed by atoms with van der Waals surface area (Å²) in [5.41, 5.74) is 3.12. The number of alkyl halides is 2. The van der Waals surface area contributed by atoms with E-state index in [-0.39, 0.29) is 30.5 Å². The van der Waals surface area contributed by atoms with Crippen LogP contribution in [0.1, 0.15) is 10.4 Å². The van der Waals surface area contributed by atoms with Crippen molar-refractivity contribution in [3.63, 3.8) is 0 Å². The smallest absolute Gasteiger partial charge is 0.312 e. The minimum absolute atomic E-state index is 0.0615. The topological polar surface area (TPSA) is 133 Å². The lowest BCUT2D eigenvalue weighted by Gasteiger charge is -2.22. The van der Waals surface area contributed by atoms with E-state index < -0.39 is 32.7 Å². The van der Waals surface area contributed by atoms with Gasteiger partial charge in [-0.15, -0.1) is 23.2 Å². The van der Waals surface area contributed by atoms with Crippen LogP contribution < -0.4 is 10.6 Å². The fourth-order valence-corrected chi connectivity index (χ4v) is 2.36. The molecule has 0 radical (unpaired) electrons. The summed E-state index contributed by atoms with van der Waals surface area (Å²) in [5, 5.41) is 22.5. The van der Waals surface area contributed by atoms with Gasteiger partial charge in [-0.1, -0.05) is 0 Å². The van der Waals surface area contributed by atoms with Crippen LogP contribution in [0.5, 0.6) is 0 Å². The van der Waals surface area contributed by atoms with Crippen LogP contribution >= 0.6 is 23.2 Å². The van der Waals surface area contributed by atoms with E-state index in [0.29, 0.717) is 0 Å². The largest absolute Gasteiger partial charge is 0.365 e. The molecular weight excluding hydrogens is 339 g/mol. The van der Waals surface area contributed by atoms with Gasteiger partial charge in [0.25, 0.3) is 11.6 Å². The molecule has 1 aromatic carbocycles. The number of nitro benzene ring substituents is 2. The maximum atomic E-state index is 11.4. The molecule has 0 aliphatic carbocycles. The zero-order chi connectivity index (χ0) is 16.9. The quantitative estimate of drug-likeness (QED) is 0.432. The van der Waals surface area contributed by atoms with Gasteiger partial charge in [0.2, 0.25) is 0 Å². The first-order chi connectivity index (χ1) is 10.3. The lowest BCUT2D eigenvalue weighted by Crippen LogP contribution is -2.30. The summed E-state index contributed by atoms with van der Waals surface area (Å²) in [7, 11) is 0. The number of nitrogens with two attached hydrogens (primary N) is 1. The lowest BCUT2D eigenvalue weighted by atomic mass is 10.1. The third kappa shape index (κ3) is 3.74. The zero-order valence-electron chi connectivity index (χ0n) is 11.2. The van der Waals surface area contributed by atoms with Crippen molar-refractivity contribution in [3.8, 4) is 0 Å². The Hall–Kier alpha value is -2.13. The first-order valence-corrected chi connectivity index (χ1v) is 7.04. The predicted octanol–water partition coefficient (Wildman–Crippen LogP) is 1.89. The first-order valence-electron chi connectivity index (χ1n) is 5.97. The van der Waals surface area contributed by atoms with Gasteiger partial charge in [-0.2, -0.15) is 0 Å². The number of primary amides is 1. The lowest BCUT2D eigenvalue weighted by molar-refractivity contribution is -0.392. The highest BCUT2D eigenvalue weighted by molar-refractivity contribution is 6.18. The van der Waals surface area contributed by atoms with Crippen molar-refractivity contribution in [3.05, 3.63) is 37.9 Å². The second kappa shape index (κ2) is 7.76. The monoisotopic (exact) mass is 350 g/mol. The Morgan fingerprint density at radius 2 is 1.68 bits per heavy atom. The molecule has 0 aliphatic rings. The number of nitro groups is 2. The van der Waals surface area contributed by atoms with Crippen LogP contribution in [0, 0.1) is 20.2 Å². The number of carbonyl (C=O) groups is 1. The van der Waals surface area contributed by atoms with Gasteiger partial charge < -0.3 is 10.6 Å². The van der Waals surface area contributed by atoms with Crippen molar-refractivity contribution < 1.29 is 14.6 Å². The molecular formula is C11H12Cl2N4O5. The second-order valence-corrected chi connectivity index (χ2v) is 4.83. The molecule has 0 unspecified atom stereocenters. The van der Waals surface area contributed by atoms with Gasteiger partial charge in [-0.05, 0) is 6.07 Å². The molecule has 9 nitrogen and oxygen atoms in total. The molecule has 2 N–H and O–H groups in total. The normalized spacial score (nSPS) is 10.3. The molecule has 0 bridgehead atoms. The highest BCUT2D eigenvalue weighted by Crippen LogP contribution is 2.40. The standard InChI is InChI=1S/C11H12Cl2N4O5/c12-3-5-15(6-4-13)10-8(16(19)20)2-1-7(11(14)18)9(10)17(21)22/h1-2H,3-6H2,(H2,14,18). The third-order valence-electron chi connectivity index (χ3n) is 2.80. The fraction of sp³-hybridized carbons (Fsp3) is 0.364. The number of benzene rings is 1. The van der Waals surface area contributed by atoms with Crippen LogP contribution in [-0.4, -0.2) is 40.6 Å². The molecule has 0 heterocycles. The summed E-state index contributed by atoms with van der Waals surface area (Å²) in [5.74, 6) is -0.933. The Kier molecular flexibility index (Phi) is 6.32. The van der Waals surface area contributed by atoms with E-state index in [1.807, 2.05) is 0 Å². The summed E-state index contributed by atoms with van der Waals surface area (Å²) in [6.07, 6.45) is 0. The second-order valence-electron chi connectivity index (χ2n) is 4.07. The molecule has 0 aliphatic heterocycles. The number of hydrogen-bond donors (Lipinski definition) is 1. The number of halogens is 2. The van der Waals surface area contributed by atoms with Crippen LogP contribution in [0.4, 0.5) is 17.1 Å². The van der Waals surface area contributed by atoms with E-state index in [0.717, 1.165) is 12.1 Å². The predicted molar refractivity (Wildman–Crippen MR) is 81.9 cm³/mol. The maximum Gasteiger partial charge on any atom is 0.312 e. The Bertz CT molecular complexity index is 604. The van der Waals surface area contributed by atoms with Crippen molar-refractivity contribution >= 4 is 46.2 Å². The molecule has 0 spiro atoms. The molecule has 0 saturated carbocycles. The van der Waals surface area contributed by atoms with Crippen LogP contribution in [-0.2, 0) is 0 Å². The van der Waals surface area contributed by atoms with Crippen molar-refractivity contribution in [2.24, 2.45) is 5.73 Å². The molecule has 0 aromatic heterocycles. The SMILES string of the molecule is NC(=O)c1ccc([N+](=O)[O-])c(N(CCCl)CCCl)c1[N+](=O)[O-]. The van der Waals surface area contributed by atoms with Gasteiger partial charge in [0.1, 0.15) is 5.56 Å². The molecule has 0 atom stereocenters. The molecule has 1 rings (SSSR count). The molecule has 120 valence electrons. The summed E-state index contributed by atoms with van der Waals surface area (Å²) in [4.78, 5) is 33.5. The fourth-order valence-electron chi connectivity index (χ4n) is 1.95. The van der Waals surface area contributed by atoms with Gasteiger partial charge in [0.15, 0.2) is 5.69 Å². The van der Waals surface area contributed by atoms with Gasteiger partial charge in [-0.25, -0.2) is 0 Å². The number of amides is 1. The van der Waals surface area contributed by atoms with E-state index in [9.17, 15) is 25.0 Å². The first kappa shape index (κ1) is 17.9. The van der Waals surface area contributed by atoms with E-state index in [1.165, 1.54) is 4.90 Å². The van der Waals surface area contributed by atoms with Gasteiger partial charge in [-0.3, -0.25) is 25.0 Å². The number of nitrogens with zero attached hydrogens (tertiary/aromatic N) is 3. The van der Waals surface area contributed by atoms with Crippen molar-refractivity contribution in [2.75, 3.05) is 29.7 Å². The Balaban J connectivity index is 3.72. The molecule has 1 amide bonds. The Morgan fingerprint density at radius 1 is 1.14 bits per heavy atom. The number of anilines is 1. The average molecular weight is 351 g/mol. The van der Waals surface area contributed by atoms with E-state index in [4.69, 9.17) is 28.9 Å². The molecule has 1 aromatic rings. The Labute approximate surface area is 134 Å². The van der Waals surface area contributed by atoms with E-state index in [1.54, 1.807) is 0 Å². The summed E-state index contributed by atoms with van der Waals surface area (Å²) in [6.45, 7) is 0.163. The van der Waals surface area contributed by atoms with Crippen LogP contribution in [0.2, 0.25) is 0 Å². The van der Waals surface area contributed by atoms with Crippen molar-refractivity contribution in [1.82, 2.24) is 0 Å². The van der Waals surface area contributed by atoms with Crippen molar-refractivity contribution in [1.29, 1.82) is 0 Å². The summed E-state index contributed by atoms with van der Waals surface area (Å²) < 4.78 is 0. The molecule has 22 heavy (non-hydrogen) atoms. The van der Waals surface area contributed by atoms with E-state index in [2.05, 4.69) is 0 Å². The average Bonchev–Trinajstić information content (AvgIpc) is 2.45. The maximum absolute atomic E-state index is 11.4. The van der Waals surface area contributed by atoms with Crippen LogP contribution in [0.25, 0.3) is 0 Å². The molecule has 11 heteroatoms. The molecule has 0 saturated heterocycles. The summed E-state index contributed by atoms with van der Waals surface area (Å²) in [6, 6.07) is 1.96. The molecule has 0 fully saturated rings. The van der Waals surface area contributed by atoms with Gasteiger partial charge in [0.05, 0.1) is 9.85 Å². The minimum Gasteiger partial charge on any atom is -0.365 e. The van der Waals surface area contributed by atoms with Crippen molar-refractivity contribution in [2.45, 2.75) is 0 Å². The number of hydrogen-bond acceptors (Lipinski definition) is 6. The highest BCUT2D eigenvalue weighted by Gasteiger charge is 2.34. The highest BCUT2D eigenvalue weighted by atomic mass is 35.5. The zero-order valence-corrected chi connectivity index (χ0v) is 12.7. The van der Waals surface area contributed by atoms with Crippen LogP contribution in [0.3, 0.4) is 0 Å². The van der Waals surface area contributed by atoms with Gasteiger partial charge >= 0.3 is 5.69 Å². The summed E-state index contributed by atoms with van der Waals surface area (Å²) >= 11 is 11.3. The van der Waals surface area contributed by atoms with Gasteiger partial charge in [0, 0.05) is 30.9 Å². The number of rotatable bonds is 8. The van der Waals surface area contributed by atoms with E-state index >= 15 is 0 Å².